The molecule has 1 atom stereocenters. The average Bonchev–Trinajstić information content (AvgIpc) is 2.67. The number of ether oxygens (including phenoxy) is 1. The predicted octanol–water partition coefficient (Wildman–Crippen LogP) is 6.51. The van der Waals surface area contributed by atoms with E-state index in [4.69, 9.17) is 27.9 Å². The fraction of sp³-hybridized carbons (Fsp3) is 0.318. The minimum atomic E-state index is -4.54. The van der Waals surface area contributed by atoms with Crippen molar-refractivity contribution in [3.63, 3.8) is 0 Å². The number of alkyl halides is 3. The van der Waals surface area contributed by atoms with Crippen molar-refractivity contribution >= 4 is 46.9 Å². The molecular formula is C22H20Cl2F3NO2S. The molecule has 3 nitrogen and oxygen atoms in total. The zero-order chi connectivity index (χ0) is 22.8. The molecule has 1 N–H and O–H groups in total. The van der Waals surface area contributed by atoms with Crippen LogP contribution in [0.5, 0.6) is 5.75 Å². The third-order valence-corrected chi connectivity index (χ3v) is 7.00. The number of allylic oxidation sites excluding steroid dienone is 1. The first-order chi connectivity index (χ1) is 14.6. The van der Waals surface area contributed by atoms with Crippen LogP contribution < -0.4 is 10.1 Å². The number of amides is 1. The van der Waals surface area contributed by atoms with Crippen LogP contribution in [0.15, 0.2) is 36.4 Å². The molecule has 3 rings (SSSR count). The maximum Gasteiger partial charge on any atom is 0.399 e. The van der Waals surface area contributed by atoms with Gasteiger partial charge in [-0.25, -0.2) is 0 Å². The Hall–Kier alpha value is -1.83. The molecule has 31 heavy (non-hydrogen) atoms. The van der Waals surface area contributed by atoms with Gasteiger partial charge in [0.05, 0.1) is 18.6 Å². The molecular weight excluding hydrogens is 470 g/mol. The molecule has 1 fully saturated rings. The van der Waals surface area contributed by atoms with Gasteiger partial charge in [0, 0.05) is 27.6 Å². The molecule has 166 valence electrons. The number of thioether (sulfide) groups is 1. The van der Waals surface area contributed by atoms with Crippen LogP contribution >= 0.6 is 35.0 Å². The number of methoxy groups -OCH3 is 1. The Labute approximate surface area is 192 Å². The van der Waals surface area contributed by atoms with E-state index in [1.807, 2.05) is 0 Å². The van der Waals surface area contributed by atoms with Crippen LogP contribution in [-0.4, -0.2) is 36.7 Å². The van der Waals surface area contributed by atoms with Crippen LogP contribution in [0.1, 0.15) is 33.0 Å². The lowest BCUT2D eigenvalue weighted by atomic mass is 9.96. The monoisotopic (exact) mass is 489 g/mol. The van der Waals surface area contributed by atoms with Crippen LogP contribution in [0.25, 0.3) is 6.08 Å². The van der Waals surface area contributed by atoms with E-state index >= 15 is 0 Å². The zero-order valence-electron chi connectivity index (χ0n) is 16.7. The molecule has 1 aliphatic heterocycles. The maximum atomic E-state index is 13.7. The van der Waals surface area contributed by atoms with Crippen molar-refractivity contribution in [2.24, 2.45) is 0 Å². The van der Waals surface area contributed by atoms with E-state index in [0.717, 1.165) is 17.6 Å². The van der Waals surface area contributed by atoms with Gasteiger partial charge in [-0.2, -0.15) is 24.9 Å². The third kappa shape index (κ3) is 5.70. The summed E-state index contributed by atoms with van der Waals surface area (Å²) in [6.07, 6.45) is -2.16. The van der Waals surface area contributed by atoms with Gasteiger partial charge in [-0.1, -0.05) is 41.4 Å². The summed E-state index contributed by atoms with van der Waals surface area (Å²) in [5, 5.41) is 3.25. The van der Waals surface area contributed by atoms with Gasteiger partial charge < -0.3 is 10.1 Å². The fourth-order valence-electron chi connectivity index (χ4n) is 3.04. The molecule has 1 aliphatic rings. The average molecular weight is 490 g/mol. The Morgan fingerprint density at radius 1 is 1.23 bits per heavy atom. The van der Waals surface area contributed by atoms with Crippen molar-refractivity contribution in [3.8, 4) is 5.75 Å². The summed E-state index contributed by atoms with van der Waals surface area (Å²) in [6.45, 7) is 1.64. The normalized spacial score (nSPS) is 15.6. The van der Waals surface area contributed by atoms with Gasteiger partial charge in [0.2, 0.25) is 0 Å². The molecule has 9 heteroatoms. The highest BCUT2D eigenvalue weighted by Crippen LogP contribution is 2.39. The first-order valence-electron chi connectivity index (χ1n) is 9.37. The Balaban J connectivity index is 1.87. The van der Waals surface area contributed by atoms with Gasteiger partial charge in [0.25, 0.3) is 5.91 Å². The number of benzene rings is 2. The van der Waals surface area contributed by atoms with E-state index in [1.165, 1.54) is 31.4 Å². The molecule has 2 aromatic carbocycles. The summed E-state index contributed by atoms with van der Waals surface area (Å²) >= 11 is 13.8. The number of carbonyl (C=O) groups is 1. The lowest BCUT2D eigenvalue weighted by molar-refractivity contribution is -0.139. The quantitative estimate of drug-likeness (QED) is 0.502. The topological polar surface area (TPSA) is 38.3 Å². The number of halogens is 5. The van der Waals surface area contributed by atoms with Crippen molar-refractivity contribution < 1.29 is 22.7 Å². The molecule has 0 aromatic heterocycles. The summed E-state index contributed by atoms with van der Waals surface area (Å²) in [6, 6.07) is 7.33. The van der Waals surface area contributed by atoms with Gasteiger partial charge >= 0.3 is 6.18 Å². The van der Waals surface area contributed by atoms with Gasteiger partial charge in [0.15, 0.2) is 0 Å². The fourth-order valence-corrected chi connectivity index (χ4v) is 4.18. The smallest absolute Gasteiger partial charge is 0.399 e. The van der Waals surface area contributed by atoms with E-state index < -0.39 is 12.1 Å². The Morgan fingerprint density at radius 3 is 2.39 bits per heavy atom. The standard InChI is InChI=1S/C22H20Cl2F3NO2S/c1-12-18(23)8-14(9-19(12)24)17(22(25,26)27)6-4-13-3-5-16(20(7-13)30-2)21(29)28-15-10-31-11-15/h3-9,15,17H,10-11H2,1-2H3,(H,28,29)/b6-4+. The highest BCUT2D eigenvalue weighted by Gasteiger charge is 2.39. The SMILES string of the molecule is COc1cc(/C=C/C(c2cc(Cl)c(C)c(Cl)c2)C(F)(F)F)ccc1C(=O)NC1CSC1. The van der Waals surface area contributed by atoms with Crippen molar-refractivity contribution in [3.05, 3.63) is 68.7 Å². The highest BCUT2D eigenvalue weighted by atomic mass is 35.5. The summed E-state index contributed by atoms with van der Waals surface area (Å²) in [5.41, 5.74) is 1.27. The minimum absolute atomic E-state index is 0.0503. The van der Waals surface area contributed by atoms with E-state index in [-0.39, 0.29) is 33.3 Å². The lowest BCUT2D eigenvalue weighted by Gasteiger charge is -2.26. The molecule has 0 bridgehead atoms. The van der Waals surface area contributed by atoms with E-state index in [1.54, 1.807) is 30.8 Å². The predicted molar refractivity (Wildman–Crippen MR) is 121 cm³/mol. The van der Waals surface area contributed by atoms with Gasteiger partial charge in [-0.05, 0) is 47.9 Å². The molecule has 0 spiro atoms. The van der Waals surface area contributed by atoms with Gasteiger partial charge in [0.1, 0.15) is 5.75 Å². The first-order valence-corrected chi connectivity index (χ1v) is 11.3. The lowest BCUT2D eigenvalue weighted by Crippen LogP contribution is -2.43. The highest BCUT2D eigenvalue weighted by molar-refractivity contribution is 8.00. The van der Waals surface area contributed by atoms with E-state index in [2.05, 4.69) is 5.32 Å². The number of hydrogen-bond acceptors (Lipinski definition) is 3. The van der Waals surface area contributed by atoms with Crippen molar-refractivity contribution in [2.45, 2.75) is 25.1 Å². The van der Waals surface area contributed by atoms with Gasteiger partial charge in [-0.3, -0.25) is 4.79 Å². The summed E-state index contributed by atoms with van der Waals surface area (Å²) in [7, 11) is 1.41. The largest absolute Gasteiger partial charge is 0.496 e. The van der Waals surface area contributed by atoms with Crippen LogP contribution in [0.4, 0.5) is 13.2 Å². The molecule has 1 heterocycles. The van der Waals surface area contributed by atoms with Crippen LogP contribution in [0.3, 0.4) is 0 Å². The number of nitrogens with one attached hydrogen (secondary N) is 1. The Kier molecular flexibility index (Phi) is 7.50. The minimum Gasteiger partial charge on any atom is -0.496 e. The number of rotatable bonds is 6. The first kappa shape index (κ1) is 23.8. The number of hydrogen-bond donors (Lipinski definition) is 1. The molecule has 0 aliphatic carbocycles. The second-order valence-electron chi connectivity index (χ2n) is 7.16. The number of carbonyl (C=O) groups excluding carboxylic acids is 1. The summed E-state index contributed by atoms with van der Waals surface area (Å²) < 4.78 is 46.5. The molecule has 1 saturated heterocycles. The van der Waals surface area contributed by atoms with Crippen LogP contribution in [0, 0.1) is 6.92 Å². The van der Waals surface area contributed by atoms with E-state index in [0.29, 0.717) is 16.7 Å². The molecule has 1 unspecified atom stereocenters. The molecule has 1 amide bonds. The second kappa shape index (κ2) is 9.76. The van der Waals surface area contributed by atoms with E-state index in [9.17, 15) is 18.0 Å². The van der Waals surface area contributed by atoms with Crippen molar-refractivity contribution in [1.82, 2.24) is 5.32 Å². The maximum absolute atomic E-state index is 13.7. The summed E-state index contributed by atoms with van der Waals surface area (Å²) in [5.74, 6) is -0.152. The van der Waals surface area contributed by atoms with Gasteiger partial charge in [-0.15, -0.1) is 0 Å². The van der Waals surface area contributed by atoms with Crippen molar-refractivity contribution in [1.29, 1.82) is 0 Å². The zero-order valence-corrected chi connectivity index (χ0v) is 19.1. The van der Waals surface area contributed by atoms with Crippen molar-refractivity contribution in [2.75, 3.05) is 18.6 Å². The molecule has 0 radical (unpaired) electrons. The Bertz CT molecular complexity index is 984. The van der Waals surface area contributed by atoms with Crippen LogP contribution in [0.2, 0.25) is 10.0 Å². The summed E-state index contributed by atoms with van der Waals surface area (Å²) in [4.78, 5) is 12.4. The second-order valence-corrected chi connectivity index (χ2v) is 9.04. The molecule has 0 saturated carbocycles. The van der Waals surface area contributed by atoms with Crippen LogP contribution in [-0.2, 0) is 0 Å². The Morgan fingerprint density at radius 2 is 1.87 bits per heavy atom. The molecule has 2 aromatic rings. The third-order valence-electron chi connectivity index (χ3n) is 4.94.